The summed E-state index contributed by atoms with van der Waals surface area (Å²) in [5, 5.41) is 5.29. The van der Waals surface area contributed by atoms with Crippen molar-refractivity contribution < 1.29 is 9.26 Å². The van der Waals surface area contributed by atoms with Gasteiger partial charge in [-0.15, -0.1) is 0 Å². The number of benzene rings is 1. The molecule has 0 saturated carbocycles. The summed E-state index contributed by atoms with van der Waals surface area (Å²) in [6.07, 6.45) is 4.68. The van der Waals surface area contributed by atoms with E-state index < -0.39 is 0 Å². The predicted molar refractivity (Wildman–Crippen MR) is 110 cm³/mol. The number of halogens is 1. The summed E-state index contributed by atoms with van der Waals surface area (Å²) in [7, 11) is 0. The second-order valence-electron chi connectivity index (χ2n) is 7.52. The quantitative estimate of drug-likeness (QED) is 0.449. The van der Waals surface area contributed by atoms with Crippen LogP contribution in [0.1, 0.15) is 43.1 Å². The molecule has 0 N–H and O–H groups in total. The zero-order chi connectivity index (χ0) is 19.3. The minimum atomic E-state index is 0.234. The Hall–Kier alpha value is -2.25. The zero-order valence-electron chi connectivity index (χ0n) is 15.9. The maximum absolute atomic E-state index is 5.81. The van der Waals surface area contributed by atoms with Gasteiger partial charge in [-0.25, -0.2) is 4.98 Å². The minimum absolute atomic E-state index is 0.234. The second-order valence-corrected chi connectivity index (χ2v) is 8.43. The van der Waals surface area contributed by atoms with Crippen LogP contribution in [0.4, 0.5) is 0 Å². The lowest BCUT2D eigenvalue weighted by Crippen LogP contribution is -2.26. The molecule has 6 nitrogen and oxygen atoms in total. The molecule has 144 valence electrons. The molecule has 2 unspecified atom stereocenters. The lowest BCUT2D eigenvalue weighted by molar-refractivity contribution is 0.00630. The summed E-state index contributed by atoms with van der Waals surface area (Å²) in [6.45, 7) is 4.82. The van der Waals surface area contributed by atoms with Crippen LogP contribution in [0.2, 0.25) is 0 Å². The molecule has 0 spiro atoms. The standard InChI is InChI=1S/C21H21BrN4O2/c1-12-8-16(5-6-27-12)26-20(10-15-7-13(2)28-25-15)24-19-11-23-18-4-3-14(22)9-17(18)21(19)26/h3-4,7,9,11-12,16H,5-6,8,10H2,1-2H3. The van der Waals surface area contributed by atoms with Crippen molar-refractivity contribution in [2.24, 2.45) is 0 Å². The molecule has 2 atom stereocenters. The van der Waals surface area contributed by atoms with Gasteiger partial charge in [-0.3, -0.25) is 4.98 Å². The van der Waals surface area contributed by atoms with Gasteiger partial charge >= 0.3 is 0 Å². The van der Waals surface area contributed by atoms with Gasteiger partial charge < -0.3 is 13.8 Å². The molecule has 1 saturated heterocycles. The van der Waals surface area contributed by atoms with Gasteiger partial charge in [-0.1, -0.05) is 21.1 Å². The zero-order valence-corrected chi connectivity index (χ0v) is 17.4. The monoisotopic (exact) mass is 440 g/mol. The number of hydrogen-bond acceptors (Lipinski definition) is 5. The topological polar surface area (TPSA) is 66.0 Å². The van der Waals surface area contributed by atoms with Gasteiger partial charge in [-0.05, 0) is 44.9 Å². The molecule has 0 aliphatic carbocycles. The van der Waals surface area contributed by atoms with Crippen LogP contribution in [0.25, 0.3) is 21.9 Å². The Morgan fingerprint density at radius 2 is 2.14 bits per heavy atom. The maximum Gasteiger partial charge on any atom is 0.133 e. The molecule has 1 aliphatic heterocycles. The van der Waals surface area contributed by atoms with Crippen LogP contribution in [0, 0.1) is 6.92 Å². The van der Waals surface area contributed by atoms with Crippen molar-refractivity contribution in [2.45, 2.75) is 45.3 Å². The largest absolute Gasteiger partial charge is 0.378 e. The number of pyridine rings is 1. The molecule has 4 heterocycles. The summed E-state index contributed by atoms with van der Waals surface area (Å²) < 4.78 is 14.5. The average Bonchev–Trinajstić information content (AvgIpc) is 3.25. The average molecular weight is 441 g/mol. The van der Waals surface area contributed by atoms with Crippen LogP contribution < -0.4 is 0 Å². The van der Waals surface area contributed by atoms with Crippen LogP contribution in [-0.2, 0) is 11.2 Å². The van der Waals surface area contributed by atoms with Crippen LogP contribution >= 0.6 is 15.9 Å². The highest BCUT2D eigenvalue weighted by molar-refractivity contribution is 9.10. The van der Waals surface area contributed by atoms with Crippen molar-refractivity contribution in [1.29, 1.82) is 0 Å². The van der Waals surface area contributed by atoms with Gasteiger partial charge in [-0.2, -0.15) is 0 Å². The van der Waals surface area contributed by atoms with E-state index in [4.69, 9.17) is 14.2 Å². The molecule has 1 aliphatic rings. The number of hydrogen-bond donors (Lipinski definition) is 0. The van der Waals surface area contributed by atoms with Crippen molar-refractivity contribution in [3.63, 3.8) is 0 Å². The van der Waals surface area contributed by atoms with Crippen molar-refractivity contribution in [3.05, 3.63) is 52.2 Å². The highest BCUT2D eigenvalue weighted by atomic mass is 79.9. The van der Waals surface area contributed by atoms with Crippen LogP contribution in [0.15, 0.2) is 39.5 Å². The van der Waals surface area contributed by atoms with Gasteiger partial charge in [0, 0.05) is 28.6 Å². The third-order valence-electron chi connectivity index (χ3n) is 5.39. The highest BCUT2D eigenvalue weighted by Gasteiger charge is 2.26. The first-order valence-corrected chi connectivity index (χ1v) is 10.4. The first kappa shape index (κ1) is 17.8. The Morgan fingerprint density at radius 1 is 1.25 bits per heavy atom. The fraction of sp³-hybridized carbons (Fsp3) is 0.381. The van der Waals surface area contributed by atoms with E-state index in [0.29, 0.717) is 12.5 Å². The van der Waals surface area contributed by atoms with E-state index in [1.165, 1.54) is 0 Å². The van der Waals surface area contributed by atoms with Crippen LogP contribution in [0.3, 0.4) is 0 Å². The van der Waals surface area contributed by atoms with Crippen molar-refractivity contribution in [2.75, 3.05) is 6.61 Å². The van der Waals surface area contributed by atoms with Gasteiger partial charge in [0.2, 0.25) is 0 Å². The summed E-state index contributed by atoms with van der Waals surface area (Å²) in [5.74, 6) is 1.81. The van der Waals surface area contributed by atoms with Crippen molar-refractivity contribution >= 4 is 37.9 Å². The van der Waals surface area contributed by atoms with E-state index in [1.807, 2.05) is 31.3 Å². The normalized spacial score (nSPS) is 20.2. The summed E-state index contributed by atoms with van der Waals surface area (Å²) >= 11 is 3.61. The molecule has 4 aromatic rings. The molecular weight excluding hydrogens is 420 g/mol. The molecule has 28 heavy (non-hydrogen) atoms. The van der Waals surface area contributed by atoms with E-state index in [-0.39, 0.29) is 6.10 Å². The third kappa shape index (κ3) is 3.12. The fourth-order valence-corrected chi connectivity index (χ4v) is 4.55. The Labute approximate surface area is 171 Å². The number of aryl methyl sites for hydroxylation is 1. The SMILES string of the molecule is Cc1cc(Cc2nc3cnc4ccc(Br)cc4c3n2C2CCOC(C)C2)no1. The molecule has 7 heteroatoms. The van der Waals surface area contributed by atoms with E-state index in [1.54, 1.807) is 0 Å². The van der Waals surface area contributed by atoms with E-state index >= 15 is 0 Å². The number of rotatable bonds is 3. The maximum atomic E-state index is 5.81. The third-order valence-corrected chi connectivity index (χ3v) is 5.88. The summed E-state index contributed by atoms with van der Waals surface area (Å²) in [5.41, 5.74) is 3.92. The van der Waals surface area contributed by atoms with Crippen molar-refractivity contribution in [1.82, 2.24) is 19.7 Å². The van der Waals surface area contributed by atoms with E-state index in [2.05, 4.69) is 43.6 Å². The molecule has 0 amide bonds. The number of fused-ring (bicyclic) bond motifs is 3. The van der Waals surface area contributed by atoms with Gasteiger partial charge in [0.25, 0.3) is 0 Å². The summed E-state index contributed by atoms with van der Waals surface area (Å²) in [6, 6.07) is 8.51. The second kappa shape index (κ2) is 6.97. The molecule has 5 rings (SSSR count). The highest BCUT2D eigenvalue weighted by Crippen LogP contribution is 2.34. The Morgan fingerprint density at radius 3 is 2.93 bits per heavy atom. The number of nitrogens with zero attached hydrogens (tertiary/aromatic N) is 4. The molecule has 0 bridgehead atoms. The van der Waals surface area contributed by atoms with Gasteiger partial charge in [0.05, 0.1) is 35.4 Å². The Balaban J connectivity index is 1.74. The first-order chi connectivity index (χ1) is 13.6. The van der Waals surface area contributed by atoms with Crippen molar-refractivity contribution in [3.8, 4) is 0 Å². The molecular formula is C21H21BrN4O2. The predicted octanol–water partition coefficient (Wildman–Crippen LogP) is 4.97. The lowest BCUT2D eigenvalue weighted by atomic mass is 10.0. The molecule has 0 radical (unpaired) electrons. The van der Waals surface area contributed by atoms with Gasteiger partial charge in [0.1, 0.15) is 17.1 Å². The Bertz CT molecular complexity index is 1170. The first-order valence-electron chi connectivity index (χ1n) is 9.57. The van der Waals surface area contributed by atoms with E-state index in [9.17, 15) is 0 Å². The number of aromatic nitrogens is 4. The van der Waals surface area contributed by atoms with Gasteiger partial charge in [0.15, 0.2) is 0 Å². The fourth-order valence-electron chi connectivity index (χ4n) is 4.19. The number of imidazole rings is 1. The minimum Gasteiger partial charge on any atom is -0.378 e. The van der Waals surface area contributed by atoms with E-state index in [0.717, 1.165) is 63.1 Å². The summed E-state index contributed by atoms with van der Waals surface area (Å²) in [4.78, 5) is 9.58. The van der Waals surface area contributed by atoms with Crippen LogP contribution in [-0.4, -0.2) is 32.4 Å². The smallest absolute Gasteiger partial charge is 0.133 e. The lowest BCUT2D eigenvalue weighted by Gasteiger charge is -2.30. The molecule has 1 fully saturated rings. The van der Waals surface area contributed by atoms with Crippen LogP contribution in [0.5, 0.6) is 0 Å². The number of ether oxygens (including phenoxy) is 1. The molecule has 3 aromatic heterocycles. The Kier molecular flexibility index (Phi) is 4.44. The molecule has 1 aromatic carbocycles.